The molecule has 11 N–H and O–H groups in total. The van der Waals surface area contributed by atoms with E-state index in [0.29, 0.717) is 0 Å². The van der Waals surface area contributed by atoms with Gasteiger partial charge >= 0.3 is 11.9 Å². The summed E-state index contributed by atoms with van der Waals surface area (Å²) in [5, 5.41) is 24.4. The van der Waals surface area contributed by atoms with Crippen molar-refractivity contribution in [2.45, 2.75) is 50.2 Å². The monoisotopic (exact) mass is 446 g/mol. The molecule has 0 aliphatic carbocycles. The van der Waals surface area contributed by atoms with E-state index in [4.69, 9.17) is 22.3 Å². The molecular formula is C16H26N6O9. The van der Waals surface area contributed by atoms with E-state index in [-0.39, 0.29) is 25.7 Å². The maximum Gasteiger partial charge on any atom is 0.326 e. The van der Waals surface area contributed by atoms with Gasteiger partial charge in [0.15, 0.2) is 0 Å². The van der Waals surface area contributed by atoms with Crippen LogP contribution in [0.4, 0.5) is 0 Å². The summed E-state index contributed by atoms with van der Waals surface area (Å²) in [6, 6.07) is -4.62. The SMILES string of the molecule is NCC(=O)NC(CC(=O)O)C(=O)NC(CCC(N)=O)C(=O)NC(CCC(N)=O)C(=O)O. The van der Waals surface area contributed by atoms with Gasteiger partial charge in [0.25, 0.3) is 0 Å². The van der Waals surface area contributed by atoms with Gasteiger partial charge in [-0.2, -0.15) is 0 Å². The Morgan fingerprint density at radius 3 is 1.58 bits per heavy atom. The quantitative estimate of drug-likeness (QED) is 0.119. The number of hydrogen-bond donors (Lipinski definition) is 8. The molecule has 0 heterocycles. The predicted octanol–water partition coefficient (Wildman–Crippen LogP) is -4.51. The fourth-order valence-electron chi connectivity index (χ4n) is 2.28. The highest BCUT2D eigenvalue weighted by molar-refractivity contribution is 5.95. The number of nitrogens with one attached hydrogen (secondary N) is 3. The number of nitrogens with two attached hydrogens (primary N) is 3. The van der Waals surface area contributed by atoms with Crippen LogP contribution < -0.4 is 33.2 Å². The highest BCUT2D eigenvalue weighted by atomic mass is 16.4. The zero-order chi connectivity index (χ0) is 24.1. The van der Waals surface area contributed by atoms with Crippen molar-refractivity contribution in [3.8, 4) is 0 Å². The molecule has 0 saturated carbocycles. The smallest absolute Gasteiger partial charge is 0.326 e. The van der Waals surface area contributed by atoms with Gasteiger partial charge in [-0.25, -0.2) is 4.79 Å². The van der Waals surface area contributed by atoms with Crippen LogP contribution in [0.2, 0.25) is 0 Å². The minimum Gasteiger partial charge on any atom is -0.481 e. The summed E-state index contributed by atoms with van der Waals surface area (Å²) in [6.07, 6.45) is -2.24. The standard InChI is InChI=1S/C16H26N6O9/c17-6-12(25)20-9(5-13(26)27)15(29)21-7(1-3-10(18)23)14(28)22-8(16(30)31)2-4-11(19)24/h7-9H,1-6,17H2,(H2,18,23)(H2,19,24)(H,20,25)(H,21,29)(H,22,28)(H,26,27)(H,30,31). The van der Waals surface area contributed by atoms with Crippen molar-refractivity contribution in [3.05, 3.63) is 0 Å². The Bertz CT molecular complexity index is 726. The van der Waals surface area contributed by atoms with Crippen LogP contribution in [0.3, 0.4) is 0 Å². The summed E-state index contributed by atoms with van der Waals surface area (Å²) >= 11 is 0. The Morgan fingerprint density at radius 2 is 1.16 bits per heavy atom. The second kappa shape index (κ2) is 13.5. The molecule has 0 aliphatic rings. The number of aliphatic carboxylic acids is 2. The van der Waals surface area contributed by atoms with E-state index in [9.17, 15) is 38.7 Å². The topological polar surface area (TPSA) is 274 Å². The number of carboxylic acids is 2. The van der Waals surface area contributed by atoms with Gasteiger partial charge in [0.05, 0.1) is 13.0 Å². The number of primary amides is 2. The van der Waals surface area contributed by atoms with E-state index < -0.39 is 72.6 Å². The van der Waals surface area contributed by atoms with E-state index in [1.165, 1.54) is 0 Å². The molecule has 31 heavy (non-hydrogen) atoms. The Kier molecular flexibility index (Phi) is 11.8. The summed E-state index contributed by atoms with van der Waals surface area (Å²) in [5.74, 6) is -7.50. The van der Waals surface area contributed by atoms with Gasteiger partial charge in [0, 0.05) is 12.8 Å². The third kappa shape index (κ3) is 11.7. The van der Waals surface area contributed by atoms with E-state index in [0.717, 1.165) is 0 Å². The minimum absolute atomic E-state index is 0.332. The van der Waals surface area contributed by atoms with Crippen molar-refractivity contribution in [2.75, 3.05) is 6.54 Å². The predicted molar refractivity (Wildman–Crippen MR) is 102 cm³/mol. The van der Waals surface area contributed by atoms with E-state index >= 15 is 0 Å². The second-order valence-electron chi connectivity index (χ2n) is 6.39. The van der Waals surface area contributed by atoms with Crippen molar-refractivity contribution in [2.24, 2.45) is 17.2 Å². The lowest BCUT2D eigenvalue weighted by molar-refractivity contribution is -0.143. The Balaban J connectivity index is 5.46. The number of carbonyl (C=O) groups excluding carboxylic acids is 5. The normalized spacial score (nSPS) is 13.2. The van der Waals surface area contributed by atoms with Crippen molar-refractivity contribution in [1.29, 1.82) is 0 Å². The molecule has 0 aromatic rings. The van der Waals surface area contributed by atoms with Crippen molar-refractivity contribution < 1.29 is 43.8 Å². The summed E-state index contributed by atoms with van der Waals surface area (Å²) in [7, 11) is 0. The molecule has 0 aliphatic heterocycles. The molecule has 5 amide bonds. The van der Waals surface area contributed by atoms with Gasteiger partial charge in [0.1, 0.15) is 18.1 Å². The number of amides is 5. The molecular weight excluding hydrogens is 420 g/mol. The van der Waals surface area contributed by atoms with Crippen LogP contribution in [-0.2, 0) is 33.6 Å². The molecule has 0 aromatic carbocycles. The third-order valence-electron chi connectivity index (χ3n) is 3.82. The van der Waals surface area contributed by atoms with Crippen LogP contribution >= 0.6 is 0 Å². The highest BCUT2D eigenvalue weighted by Crippen LogP contribution is 2.04. The van der Waals surface area contributed by atoms with Gasteiger partial charge in [-0.05, 0) is 12.8 Å². The molecule has 0 fully saturated rings. The van der Waals surface area contributed by atoms with Gasteiger partial charge in [-0.3, -0.25) is 28.8 Å². The molecule has 15 nitrogen and oxygen atoms in total. The first-order valence-electron chi connectivity index (χ1n) is 8.98. The van der Waals surface area contributed by atoms with Crippen LogP contribution in [0.5, 0.6) is 0 Å². The lowest BCUT2D eigenvalue weighted by atomic mass is 10.1. The van der Waals surface area contributed by atoms with Crippen LogP contribution in [-0.4, -0.2) is 76.4 Å². The van der Waals surface area contributed by atoms with E-state index in [1.807, 2.05) is 0 Å². The van der Waals surface area contributed by atoms with Gasteiger partial charge in [-0.1, -0.05) is 0 Å². The molecule has 0 bridgehead atoms. The summed E-state index contributed by atoms with van der Waals surface area (Å²) < 4.78 is 0. The van der Waals surface area contributed by atoms with E-state index in [2.05, 4.69) is 16.0 Å². The summed E-state index contributed by atoms with van der Waals surface area (Å²) in [5.41, 5.74) is 15.1. The molecule has 0 spiro atoms. The molecule has 0 rings (SSSR count). The van der Waals surface area contributed by atoms with Gasteiger partial charge in [0.2, 0.25) is 29.5 Å². The minimum atomic E-state index is -1.59. The summed E-state index contributed by atoms with van der Waals surface area (Å²) in [6.45, 7) is -0.533. The van der Waals surface area contributed by atoms with Crippen molar-refractivity contribution in [3.63, 3.8) is 0 Å². The lowest BCUT2D eigenvalue weighted by Crippen LogP contribution is -2.56. The van der Waals surface area contributed by atoms with Crippen LogP contribution in [0.1, 0.15) is 32.1 Å². The molecule has 0 saturated heterocycles. The van der Waals surface area contributed by atoms with Crippen molar-refractivity contribution in [1.82, 2.24) is 16.0 Å². The maximum atomic E-state index is 12.5. The molecule has 0 radical (unpaired) electrons. The first-order chi connectivity index (χ1) is 14.4. The van der Waals surface area contributed by atoms with Crippen molar-refractivity contribution >= 4 is 41.5 Å². The Hall–Kier alpha value is -3.75. The largest absolute Gasteiger partial charge is 0.481 e. The Morgan fingerprint density at radius 1 is 0.710 bits per heavy atom. The Labute approximate surface area is 176 Å². The lowest BCUT2D eigenvalue weighted by Gasteiger charge is -2.23. The average molecular weight is 446 g/mol. The molecule has 0 aromatic heterocycles. The zero-order valence-electron chi connectivity index (χ0n) is 16.5. The van der Waals surface area contributed by atoms with E-state index in [1.54, 1.807) is 0 Å². The van der Waals surface area contributed by atoms with Crippen LogP contribution in [0.25, 0.3) is 0 Å². The third-order valence-corrected chi connectivity index (χ3v) is 3.82. The molecule has 174 valence electrons. The first-order valence-corrected chi connectivity index (χ1v) is 8.98. The maximum absolute atomic E-state index is 12.5. The highest BCUT2D eigenvalue weighted by Gasteiger charge is 2.30. The number of rotatable bonds is 15. The molecule has 3 unspecified atom stereocenters. The number of carboxylic acid groups (broad SMARTS) is 2. The van der Waals surface area contributed by atoms with Crippen LogP contribution in [0, 0.1) is 0 Å². The molecule has 3 atom stereocenters. The average Bonchev–Trinajstić information content (AvgIpc) is 2.66. The second-order valence-corrected chi connectivity index (χ2v) is 6.39. The summed E-state index contributed by atoms with van der Waals surface area (Å²) in [4.78, 5) is 80.5. The fourth-order valence-corrected chi connectivity index (χ4v) is 2.28. The molecule has 15 heteroatoms. The number of carbonyl (C=O) groups is 7. The first kappa shape index (κ1) is 27.2. The number of hydrogen-bond acceptors (Lipinski definition) is 8. The zero-order valence-corrected chi connectivity index (χ0v) is 16.5. The van der Waals surface area contributed by atoms with Gasteiger partial charge in [-0.15, -0.1) is 0 Å². The fraction of sp³-hybridized carbons (Fsp3) is 0.562. The van der Waals surface area contributed by atoms with Crippen LogP contribution in [0.15, 0.2) is 0 Å². The van der Waals surface area contributed by atoms with Gasteiger partial charge < -0.3 is 43.4 Å².